The standard InChI is InChI=1S/C16H18O4/c1-2-19-16(18)11-20-15-8-4-6-13(10-15)12-5-3-7-14(17)9-12/h4,6,8-10H,2-3,5,7,11H2,1H3. The van der Waals surface area contributed by atoms with Crippen LogP contribution in [0, 0.1) is 0 Å². The Kier molecular flexibility index (Phi) is 4.93. The molecule has 0 radical (unpaired) electrons. The van der Waals surface area contributed by atoms with Crippen LogP contribution in [0.25, 0.3) is 5.57 Å². The molecule has 106 valence electrons. The average Bonchev–Trinajstić information content (AvgIpc) is 2.46. The molecule has 0 unspecified atom stereocenters. The summed E-state index contributed by atoms with van der Waals surface area (Å²) in [7, 11) is 0. The van der Waals surface area contributed by atoms with E-state index in [2.05, 4.69) is 0 Å². The van der Waals surface area contributed by atoms with Gasteiger partial charge >= 0.3 is 5.97 Å². The van der Waals surface area contributed by atoms with E-state index in [1.165, 1.54) is 0 Å². The second-order valence-corrected chi connectivity index (χ2v) is 4.61. The van der Waals surface area contributed by atoms with E-state index in [-0.39, 0.29) is 18.4 Å². The molecule has 0 fully saturated rings. The molecule has 0 spiro atoms. The van der Waals surface area contributed by atoms with Gasteiger partial charge in [-0.2, -0.15) is 0 Å². The lowest BCUT2D eigenvalue weighted by atomic mass is 9.93. The van der Waals surface area contributed by atoms with Gasteiger partial charge in [0, 0.05) is 6.42 Å². The predicted octanol–water partition coefficient (Wildman–Crippen LogP) is 2.76. The van der Waals surface area contributed by atoms with Crippen molar-refractivity contribution in [1.29, 1.82) is 0 Å². The highest BCUT2D eigenvalue weighted by Crippen LogP contribution is 2.27. The van der Waals surface area contributed by atoms with E-state index < -0.39 is 0 Å². The smallest absolute Gasteiger partial charge is 0.344 e. The Morgan fingerprint density at radius 2 is 2.15 bits per heavy atom. The van der Waals surface area contributed by atoms with Gasteiger partial charge in [0.05, 0.1) is 6.61 Å². The van der Waals surface area contributed by atoms with Crippen LogP contribution in [-0.4, -0.2) is 25.0 Å². The molecular weight excluding hydrogens is 256 g/mol. The first kappa shape index (κ1) is 14.3. The molecule has 0 saturated carbocycles. The second-order valence-electron chi connectivity index (χ2n) is 4.61. The zero-order chi connectivity index (χ0) is 14.4. The van der Waals surface area contributed by atoms with E-state index in [1.807, 2.05) is 18.2 Å². The highest BCUT2D eigenvalue weighted by atomic mass is 16.6. The van der Waals surface area contributed by atoms with Crippen LogP contribution in [0.2, 0.25) is 0 Å². The van der Waals surface area contributed by atoms with Crippen molar-refractivity contribution in [2.75, 3.05) is 13.2 Å². The van der Waals surface area contributed by atoms with Crippen molar-refractivity contribution in [2.24, 2.45) is 0 Å². The lowest BCUT2D eigenvalue weighted by molar-refractivity contribution is -0.145. The summed E-state index contributed by atoms with van der Waals surface area (Å²) < 4.78 is 10.2. The summed E-state index contributed by atoms with van der Waals surface area (Å²) >= 11 is 0. The van der Waals surface area contributed by atoms with Crippen molar-refractivity contribution < 1.29 is 19.1 Å². The van der Waals surface area contributed by atoms with Crippen LogP contribution in [0.3, 0.4) is 0 Å². The van der Waals surface area contributed by atoms with E-state index in [1.54, 1.807) is 19.1 Å². The maximum absolute atomic E-state index is 11.4. The topological polar surface area (TPSA) is 52.6 Å². The van der Waals surface area contributed by atoms with Crippen molar-refractivity contribution in [2.45, 2.75) is 26.2 Å². The van der Waals surface area contributed by atoms with Crippen LogP contribution in [0.5, 0.6) is 5.75 Å². The minimum Gasteiger partial charge on any atom is -0.482 e. The van der Waals surface area contributed by atoms with Crippen LogP contribution >= 0.6 is 0 Å². The molecule has 0 aromatic heterocycles. The number of carbonyl (C=O) groups is 2. The molecule has 0 aliphatic heterocycles. The van der Waals surface area contributed by atoms with E-state index in [0.717, 1.165) is 24.0 Å². The van der Waals surface area contributed by atoms with Crippen LogP contribution in [0.15, 0.2) is 30.3 Å². The maximum Gasteiger partial charge on any atom is 0.344 e. The molecular formula is C16H18O4. The van der Waals surface area contributed by atoms with Crippen LogP contribution in [0.4, 0.5) is 0 Å². The van der Waals surface area contributed by atoms with Crippen molar-refractivity contribution in [3.63, 3.8) is 0 Å². The number of benzene rings is 1. The number of ketones is 1. The number of esters is 1. The molecule has 20 heavy (non-hydrogen) atoms. The van der Waals surface area contributed by atoms with Crippen LogP contribution in [0.1, 0.15) is 31.7 Å². The summed E-state index contributed by atoms with van der Waals surface area (Å²) in [5, 5.41) is 0. The molecule has 1 aliphatic carbocycles. The first-order valence-corrected chi connectivity index (χ1v) is 6.81. The number of allylic oxidation sites excluding steroid dienone is 2. The Morgan fingerprint density at radius 3 is 2.90 bits per heavy atom. The minimum absolute atomic E-state index is 0.102. The van der Waals surface area contributed by atoms with Gasteiger partial charge in [0.1, 0.15) is 5.75 Å². The van der Waals surface area contributed by atoms with Gasteiger partial charge in [0.25, 0.3) is 0 Å². The number of hydrogen-bond donors (Lipinski definition) is 0. The Balaban J connectivity index is 2.04. The first-order chi connectivity index (χ1) is 9.69. The van der Waals surface area contributed by atoms with Crippen LogP contribution in [-0.2, 0) is 14.3 Å². The fraction of sp³-hybridized carbons (Fsp3) is 0.375. The van der Waals surface area contributed by atoms with Gasteiger partial charge in [-0.1, -0.05) is 12.1 Å². The van der Waals surface area contributed by atoms with E-state index in [4.69, 9.17) is 9.47 Å². The van der Waals surface area contributed by atoms with Gasteiger partial charge < -0.3 is 9.47 Å². The molecule has 1 aromatic rings. The molecule has 1 aromatic carbocycles. The fourth-order valence-corrected chi connectivity index (χ4v) is 2.15. The maximum atomic E-state index is 11.4. The summed E-state index contributed by atoms with van der Waals surface area (Å²) in [4.78, 5) is 22.7. The van der Waals surface area contributed by atoms with Crippen LogP contribution < -0.4 is 4.74 Å². The highest BCUT2D eigenvalue weighted by molar-refractivity contribution is 5.98. The Bertz CT molecular complexity index is 531. The molecule has 0 saturated heterocycles. The summed E-state index contributed by atoms with van der Waals surface area (Å²) in [6, 6.07) is 7.44. The monoisotopic (exact) mass is 274 g/mol. The Labute approximate surface area is 118 Å². The quantitative estimate of drug-likeness (QED) is 0.775. The largest absolute Gasteiger partial charge is 0.482 e. The zero-order valence-corrected chi connectivity index (χ0v) is 11.6. The van der Waals surface area contributed by atoms with Gasteiger partial charge in [-0.05, 0) is 49.1 Å². The van der Waals surface area contributed by atoms with Crippen molar-refractivity contribution in [3.8, 4) is 5.75 Å². The molecule has 0 atom stereocenters. The zero-order valence-electron chi connectivity index (χ0n) is 11.6. The highest BCUT2D eigenvalue weighted by Gasteiger charge is 2.12. The molecule has 0 N–H and O–H groups in total. The lowest BCUT2D eigenvalue weighted by Crippen LogP contribution is -2.14. The molecule has 0 heterocycles. The fourth-order valence-electron chi connectivity index (χ4n) is 2.15. The third kappa shape index (κ3) is 3.95. The third-order valence-electron chi connectivity index (χ3n) is 3.07. The van der Waals surface area contributed by atoms with Crippen molar-refractivity contribution in [3.05, 3.63) is 35.9 Å². The molecule has 2 rings (SSSR count). The summed E-state index contributed by atoms with van der Waals surface area (Å²) in [6.07, 6.45) is 4.11. The van der Waals surface area contributed by atoms with Gasteiger partial charge in [0.15, 0.2) is 12.4 Å². The number of carbonyl (C=O) groups excluding carboxylic acids is 2. The molecule has 1 aliphatic rings. The van der Waals surface area contributed by atoms with Crippen molar-refractivity contribution >= 4 is 17.3 Å². The summed E-state index contributed by atoms with van der Waals surface area (Å²) in [6.45, 7) is 2.00. The lowest BCUT2D eigenvalue weighted by Gasteiger charge is -2.13. The van der Waals surface area contributed by atoms with E-state index in [9.17, 15) is 9.59 Å². The van der Waals surface area contributed by atoms with Gasteiger partial charge in [-0.15, -0.1) is 0 Å². The summed E-state index contributed by atoms with van der Waals surface area (Å²) in [5.41, 5.74) is 2.00. The molecule has 0 bridgehead atoms. The summed E-state index contributed by atoms with van der Waals surface area (Å²) in [5.74, 6) is 0.392. The van der Waals surface area contributed by atoms with E-state index in [0.29, 0.717) is 18.8 Å². The number of ether oxygens (including phenoxy) is 2. The molecule has 4 heteroatoms. The SMILES string of the molecule is CCOC(=O)COc1cccc(C2=CC(=O)CCC2)c1. The molecule has 4 nitrogen and oxygen atoms in total. The molecule has 0 amide bonds. The first-order valence-electron chi connectivity index (χ1n) is 6.81. The normalized spacial score (nSPS) is 14.7. The predicted molar refractivity (Wildman–Crippen MR) is 75.4 cm³/mol. The number of rotatable bonds is 5. The van der Waals surface area contributed by atoms with Crippen molar-refractivity contribution in [1.82, 2.24) is 0 Å². The van der Waals surface area contributed by atoms with Gasteiger partial charge in [0.2, 0.25) is 0 Å². The average molecular weight is 274 g/mol. The second kappa shape index (κ2) is 6.89. The Morgan fingerprint density at radius 1 is 1.30 bits per heavy atom. The number of hydrogen-bond acceptors (Lipinski definition) is 4. The van der Waals surface area contributed by atoms with Gasteiger partial charge in [-0.25, -0.2) is 4.79 Å². The van der Waals surface area contributed by atoms with E-state index >= 15 is 0 Å². The Hall–Kier alpha value is -2.10. The van der Waals surface area contributed by atoms with Gasteiger partial charge in [-0.3, -0.25) is 4.79 Å². The third-order valence-corrected chi connectivity index (χ3v) is 3.07. The minimum atomic E-state index is -0.384.